The second-order valence-corrected chi connectivity index (χ2v) is 6.52. The summed E-state index contributed by atoms with van der Waals surface area (Å²) >= 11 is 0. The third-order valence-corrected chi connectivity index (χ3v) is 4.12. The summed E-state index contributed by atoms with van der Waals surface area (Å²) < 4.78 is 0. The van der Waals surface area contributed by atoms with Crippen molar-refractivity contribution in [1.29, 1.82) is 0 Å². The van der Waals surface area contributed by atoms with Crippen LogP contribution in [0.15, 0.2) is 30.3 Å². The molecular formula is C18H26N2O3. The van der Waals surface area contributed by atoms with Crippen LogP contribution in [0.3, 0.4) is 0 Å². The van der Waals surface area contributed by atoms with E-state index in [1.807, 2.05) is 44.2 Å². The number of rotatable bonds is 6. The number of hydrogen-bond acceptors (Lipinski definition) is 3. The highest BCUT2D eigenvalue weighted by molar-refractivity contribution is 5.88. The minimum Gasteiger partial charge on any atom is -0.383 e. The monoisotopic (exact) mass is 318 g/mol. The first-order valence-corrected chi connectivity index (χ1v) is 8.26. The molecule has 1 atom stereocenters. The molecule has 1 fully saturated rings. The van der Waals surface area contributed by atoms with E-state index in [1.54, 1.807) is 4.90 Å². The first kappa shape index (κ1) is 17.5. The molecule has 1 aromatic rings. The smallest absolute Gasteiger partial charge is 0.251 e. The van der Waals surface area contributed by atoms with Crippen LogP contribution in [0.5, 0.6) is 0 Å². The molecule has 0 spiro atoms. The average Bonchev–Trinajstić information content (AvgIpc) is 2.53. The van der Waals surface area contributed by atoms with E-state index >= 15 is 0 Å². The third kappa shape index (κ3) is 5.06. The van der Waals surface area contributed by atoms with Crippen molar-refractivity contribution in [1.82, 2.24) is 9.80 Å². The Balaban J connectivity index is 1.82. The molecule has 2 rings (SSSR count). The Morgan fingerprint density at radius 2 is 1.91 bits per heavy atom. The van der Waals surface area contributed by atoms with Crippen molar-refractivity contribution < 1.29 is 14.7 Å². The van der Waals surface area contributed by atoms with Gasteiger partial charge in [-0.15, -0.1) is 0 Å². The summed E-state index contributed by atoms with van der Waals surface area (Å²) in [6.07, 6.45) is 0.247. The van der Waals surface area contributed by atoms with E-state index in [4.69, 9.17) is 0 Å². The fraction of sp³-hybridized carbons (Fsp3) is 0.556. The number of benzene rings is 1. The predicted molar refractivity (Wildman–Crippen MR) is 88.8 cm³/mol. The summed E-state index contributed by atoms with van der Waals surface area (Å²) in [6, 6.07) is 10.0. The topological polar surface area (TPSA) is 60.9 Å². The molecule has 1 heterocycles. The molecule has 0 bridgehead atoms. The zero-order valence-electron chi connectivity index (χ0n) is 13.9. The number of piperazine rings is 1. The van der Waals surface area contributed by atoms with Gasteiger partial charge in [0, 0.05) is 19.6 Å². The molecule has 1 N–H and O–H groups in total. The SMILES string of the molecule is CC(C)C[C@H](O)C(=O)N1CCN(CCc2ccccc2)C(=O)C1. The minimum absolute atomic E-state index is 0.0442. The summed E-state index contributed by atoms with van der Waals surface area (Å²) in [5.41, 5.74) is 1.20. The lowest BCUT2D eigenvalue weighted by molar-refractivity contribution is -0.150. The molecule has 5 nitrogen and oxygen atoms in total. The van der Waals surface area contributed by atoms with Crippen LogP contribution in [0.25, 0.3) is 0 Å². The molecule has 1 aliphatic heterocycles. The number of nitrogens with zero attached hydrogens (tertiary/aromatic N) is 2. The Hall–Kier alpha value is -1.88. The first-order chi connectivity index (χ1) is 11.0. The summed E-state index contributed by atoms with van der Waals surface area (Å²) in [7, 11) is 0. The quantitative estimate of drug-likeness (QED) is 0.860. The van der Waals surface area contributed by atoms with Crippen LogP contribution in [-0.2, 0) is 16.0 Å². The van der Waals surface area contributed by atoms with Crippen molar-refractivity contribution in [3.63, 3.8) is 0 Å². The zero-order chi connectivity index (χ0) is 16.8. The Morgan fingerprint density at radius 3 is 2.52 bits per heavy atom. The van der Waals surface area contributed by atoms with Gasteiger partial charge in [-0.2, -0.15) is 0 Å². The molecule has 0 saturated carbocycles. The highest BCUT2D eigenvalue weighted by Crippen LogP contribution is 2.11. The molecule has 23 heavy (non-hydrogen) atoms. The summed E-state index contributed by atoms with van der Waals surface area (Å²) in [5, 5.41) is 9.93. The van der Waals surface area contributed by atoms with Crippen LogP contribution in [0, 0.1) is 5.92 Å². The van der Waals surface area contributed by atoms with Gasteiger partial charge in [0.05, 0.1) is 6.54 Å². The Labute approximate surface area is 137 Å². The van der Waals surface area contributed by atoms with Gasteiger partial charge in [-0.05, 0) is 24.3 Å². The van der Waals surface area contributed by atoms with Crippen LogP contribution >= 0.6 is 0 Å². The first-order valence-electron chi connectivity index (χ1n) is 8.26. The molecule has 0 unspecified atom stereocenters. The Bertz CT molecular complexity index is 530. The molecule has 1 aromatic carbocycles. The molecule has 0 aliphatic carbocycles. The van der Waals surface area contributed by atoms with Gasteiger partial charge >= 0.3 is 0 Å². The second-order valence-electron chi connectivity index (χ2n) is 6.52. The standard InChI is InChI=1S/C18H26N2O3/c1-14(2)12-16(21)18(23)20-11-10-19(17(22)13-20)9-8-15-6-4-3-5-7-15/h3-7,14,16,21H,8-13H2,1-2H3/t16-/m0/s1. The van der Waals surface area contributed by atoms with Crippen molar-refractivity contribution in [2.45, 2.75) is 32.8 Å². The van der Waals surface area contributed by atoms with E-state index in [9.17, 15) is 14.7 Å². The van der Waals surface area contributed by atoms with Crippen LogP contribution < -0.4 is 0 Å². The molecular weight excluding hydrogens is 292 g/mol. The lowest BCUT2D eigenvalue weighted by Crippen LogP contribution is -2.54. The molecule has 0 radical (unpaired) electrons. The van der Waals surface area contributed by atoms with Gasteiger partial charge in [0.15, 0.2) is 0 Å². The maximum Gasteiger partial charge on any atom is 0.251 e. The van der Waals surface area contributed by atoms with E-state index in [1.165, 1.54) is 10.5 Å². The summed E-state index contributed by atoms with van der Waals surface area (Å²) in [6.45, 7) is 5.69. The van der Waals surface area contributed by atoms with E-state index in [2.05, 4.69) is 0 Å². The van der Waals surface area contributed by atoms with Crippen LogP contribution in [0.2, 0.25) is 0 Å². The van der Waals surface area contributed by atoms with Crippen molar-refractivity contribution in [3.05, 3.63) is 35.9 Å². The Kier molecular flexibility index (Phi) is 6.16. The van der Waals surface area contributed by atoms with Gasteiger partial charge in [-0.25, -0.2) is 0 Å². The summed E-state index contributed by atoms with van der Waals surface area (Å²) in [4.78, 5) is 27.7. The van der Waals surface area contributed by atoms with Crippen molar-refractivity contribution in [2.75, 3.05) is 26.2 Å². The number of aliphatic hydroxyl groups excluding tert-OH is 1. The fourth-order valence-electron chi connectivity index (χ4n) is 2.80. The zero-order valence-corrected chi connectivity index (χ0v) is 13.9. The molecule has 0 aromatic heterocycles. The van der Waals surface area contributed by atoms with E-state index < -0.39 is 6.10 Å². The molecule has 126 valence electrons. The maximum atomic E-state index is 12.2. The van der Waals surface area contributed by atoms with E-state index in [0.29, 0.717) is 26.1 Å². The normalized spacial score (nSPS) is 16.8. The molecule has 2 amide bonds. The second kappa shape index (κ2) is 8.11. The molecule has 1 aliphatic rings. The number of hydrogen-bond donors (Lipinski definition) is 1. The van der Waals surface area contributed by atoms with Gasteiger partial charge < -0.3 is 14.9 Å². The lowest BCUT2D eigenvalue weighted by atomic mass is 10.0. The van der Waals surface area contributed by atoms with E-state index in [-0.39, 0.29) is 24.3 Å². The minimum atomic E-state index is -1.00. The van der Waals surface area contributed by atoms with Gasteiger partial charge in [0.1, 0.15) is 6.10 Å². The number of aliphatic hydroxyl groups is 1. The van der Waals surface area contributed by atoms with Crippen molar-refractivity contribution >= 4 is 11.8 Å². The van der Waals surface area contributed by atoms with Crippen molar-refractivity contribution in [3.8, 4) is 0 Å². The van der Waals surface area contributed by atoms with Crippen LogP contribution in [0.4, 0.5) is 0 Å². The molecule has 1 saturated heterocycles. The molecule has 5 heteroatoms. The van der Waals surface area contributed by atoms with Crippen molar-refractivity contribution in [2.24, 2.45) is 5.92 Å². The summed E-state index contributed by atoms with van der Waals surface area (Å²) in [5.74, 6) is -0.121. The number of amides is 2. The van der Waals surface area contributed by atoms with E-state index in [0.717, 1.165) is 6.42 Å². The van der Waals surface area contributed by atoms with Gasteiger partial charge in [0.25, 0.3) is 5.91 Å². The van der Waals surface area contributed by atoms with Crippen LogP contribution in [0.1, 0.15) is 25.8 Å². The van der Waals surface area contributed by atoms with Crippen LogP contribution in [-0.4, -0.2) is 59.0 Å². The third-order valence-electron chi connectivity index (χ3n) is 4.12. The number of carbonyl (C=O) groups excluding carboxylic acids is 2. The van der Waals surface area contributed by atoms with Gasteiger partial charge in [0.2, 0.25) is 5.91 Å². The number of carbonyl (C=O) groups is 2. The highest BCUT2D eigenvalue weighted by Gasteiger charge is 2.30. The van der Waals surface area contributed by atoms with Gasteiger partial charge in [-0.1, -0.05) is 44.2 Å². The Morgan fingerprint density at radius 1 is 1.22 bits per heavy atom. The van der Waals surface area contributed by atoms with Gasteiger partial charge in [-0.3, -0.25) is 9.59 Å². The highest BCUT2D eigenvalue weighted by atomic mass is 16.3. The maximum absolute atomic E-state index is 12.2. The lowest BCUT2D eigenvalue weighted by Gasteiger charge is -2.35. The largest absolute Gasteiger partial charge is 0.383 e. The fourth-order valence-corrected chi connectivity index (χ4v) is 2.80. The average molecular weight is 318 g/mol. The predicted octanol–water partition coefficient (Wildman–Crippen LogP) is 1.31.